The predicted octanol–water partition coefficient (Wildman–Crippen LogP) is 5.30. The maximum Gasteiger partial charge on any atom is 0.348 e. The summed E-state index contributed by atoms with van der Waals surface area (Å²) in [5, 5.41) is 3.51. The monoisotopic (exact) mass is 493 g/mol. The third-order valence-corrected chi connectivity index (χ3v) is 7.38. The second kappa shape index (κ2) is 10.6. The molecule has 9 heteroatoms. The number of ether oxygens (including phenoxy) is 1. The molecule has 4 aromatic rings. The molecular weight excluding hydrogens is 470 g/mol. The number of thiophene rings is 1. The largest absolute Gasteiger partial charge is 0.451 e. The van der Waals surface area contributed by atoms with Gasteiger partial charge in [0.2, 0.25) is 0 Å². The fourth-order valence-corrected chi connectivity index (χ4v) is 5.25. The van der Waals surface area contributed by atoms with Crippen LogP contribution in [0.1, 0.15) is 33.9 Å². The van der Waals surface area contributed by atoms with Crippen molar-refractivity contribution >= 4 is 56.4 Å². The van der Waals surface area contributed by atoms with E-state index in [1.807, 2.05) is 44.2 Å². The molecule has 7 nitrogen and oxygen atoms in total. The molecule has 174 valence electrons. The standard InChI is InChI=1S/C25H23N3O4S2/c1-3-28(4-2)24(30)16-9-11-17(12-10-16)26-22(29)15-32-25(31)21-14-13-20(33-21)23-27-18-7-5-6-8-19(18)34-23/h5-14H,3-4,15H2,1-2H3,(H,26,29). The van der Waals surface area contributed by atoms with Gasteiger partial charge in [0.25, 0.3) is 11.8 Å². The Bertz CT molecular complexity index is 1290. The van der Waals surface area contributed by atoms with Crippen LogP contribution in [0.4, 0.5) is 5.69 Å². The van der Waals surface area contributed by atoms with Crippen molar-refractivity contribution < 1.29 is 19.1 Å². The van der Waals surface area contributed by atoms with Crippen LogP contribution in [-0.4, -0.2) is 47.4 Å². The van der Waals surface area contributed by atoms with Crippen molar-refractivity contribution in [3.63, 3.8) is 0 Å². The predicted molar refractivity (Wildman–Crippen MR) is 136 cm³/mol. The van der Waals surface area contributed by atoms with Crippen molar-refractivity contribution in [3.05, 3.63) is 71.1 Å². The van der Waals surface area contributed by atoms with Crippen LogP contribution < -0.4 is 5.32 Å². The molecule has 0 spiro atoms. The summed E-state index contributed by atoms with van der Waals surface area (Å²) in [5.74, 6) is -1.08. The zero-order valence-electron chi connectivity index (χ0n) is 18.7. The highest BCUT2D eigenvalue weighted by molar-refractivity contribution is 7.26. The normalized spacial score (nSPS) is 10.8. The number of amides is 2. The van der Waals surface area contributed by atoms with Crippen molar-refractivity contribution in [2.24, 2.45) is 0 Å². The number of nitrogens with one attached hydrogen (secondary N) is 1. The van der Waals surface area contributed by atoms with Gasteiger partial charge in [-0.05, 0) is 62.4 Å². The Morgan fingerprint density at radius 2 is 1.68 bits per heavy atom. The molecule has 0 atom stereocenters. The highest BCUT2D eigenvalue weighted by Crippen LogP contribution is 2.34. The topological polar surface area (TPSA) is 88.6 Å². The van der Waals surface area contributed by atoms with Crippen LogP contribution in [-0.2, 0) is 9.53 Å². The Labute approximate surface area is 205 Å². The van der Waals surface area contributed by atoms with Crippen molar-refractivity contribution in [3.8, 4) is 9.88 Å². The van der Waals surface area contributed by atoms with Gasteiger partial charge < -0.3 is 15.0 Å². The number of carbonyl (C=O) groups excluding carboxylic acids is 3. The molecule has 0 radical (unpaired) electrons. The van der Waals surface area contributed by atoms with E-state index in [-0.39, 0.29) is 5.91 Å². The van der Waals surface area contributed by atoms with Gasteiger partial charge in [0.1, 0.15) is 9.88 Å². The molecule has 0 aliphatic carbocycles. The van der Waals surface area contributed by atoms with E-state index in [4.69, 9.17) is 4.74 Å². The van der Waals surface area contributed by atoms with Gasteiger partial charge in [0, 0.05) is 24.3 Å². The molecule has 0 unspecified atom stereocenters. The molecule has 0 saturated heterocycles. The zero-order chi connectivity index (χ0) is 24.1. The fraction of sp³-hybridized carbons (Fsp3) is 0.200. The first-order chi connectivity index (χ1) is 16.5. The third kappa shape index (κ3) is 5.32. The summed E-state index contributed by atoms with van der Waals surface area (Å²) < 4.78 is 6.26. The molecular formula is C25H23N3O4S2. The number of rotatable bonds is 8. The number of aromatic nitrogens is 1. The fourth-order valence-electron chi connectivity index (χ4n) is 3.33. The second-order valence-electron chi connectivity index (χ2n) is 7.33. The molecule has 0 bridgehead atoms. The number of hydrogen-bond acceptors (Lipinski definition) is 7. The number of carbonyl (C=O) groups is 3. The average molecular weight is 494 g/mol. The Balaban J connectivity index is 1.31. The summed E-state index contributed by atoms with van der Waals surface area (Å²) in [4.78, 5) is 44.6. The Morgan fingerprint density at radius 1 is 0.941 bits per heavy atom. The molecule has 0 aliphatic rings. The van der Waals surface area contributed by atoms with Gasteiger partial charge in [-0.15, -0.1) is 22.7 Å². The van der Waals surface area contributed by atoms with Gasteiger partial charge in [0.15, 0.2) is 6.61 Å². The molecule has 0 saturated carbocycles. The van der Waals surface area contributed by atoms with Crippen molar-refractivity contribution in [1.82, 2.24) is 9.88 Å². The van der Waals surface area contributed by atoms with E-state index < -0.39 is 18.5 Å². The van der Waals surface area contributed by atoms with Crippen LogP contribution >= 0.6 is 22.7 Å². The average Bonchev–Trinajstić information content (AvgIpc) is 3.51. The summed E-state index contributed by atoms with van der Waals surface area (Å²) in [6.07, 6.45) is 0. The smallest absolute Gasteiger partial charge is 0.348 e. The van der Waals surface area contributed by atoms with Crippen LogP contribution in [0.3, 0.4) is 0 Å². The van der Waals surface area contributed by atoms with E-state index in [1.165, 1.54) is 11.3 Å². The van der Waals surface area contributed by atoms with Crippen LogP contribution in [0.15, 0.2) is 60.7 Å². The van der Waals surface area contributed by atoms with Crippen molar-refractivity contribution in [2.45, 2.75) is 13.8 Å². The zero-order valence-corrected chi connectivity index (χ0v) is 20.4. The van der Waals surface area contributed by atoms with Gasteiger partial charge in [-0.2, -0.15) is 0 Å². The van der Waals surface area contributed by atoms with Gasteiger partial charge in [-0.1, -0.05) is 12.1 Å². The first-order valence-corrected chi connectivity index (χ1v) is 12.4. The number of nitrogens with zero attached hydrogens (tertiary/aromatic N) is 2. The molecule has 0 aliphatic heterocycles. The minimum Gasteiger partial charge on any atom is -0.451 e. The number of hydrogen-bond donors (Lipinski definition) is 1. The number of benzene rings is 2. The van der Waals surface area contributed by atoms with E-state index in [0.29, 0.717) is 29.2 Å². The van der Waals surface area contributed by atoms with E-state index in [1.54, 1.807) is 46.6 Å². The van der Waals surface area contributed by atoms with E-state index >= 15 is 0 Å². The van der Waals surface area contributed by atoms with Crippen LogP contribution in [0.2, 0.25) is 0 Å². The first-order valence-electron chi connectivity index (χ1n) is 10.8. The van der Waals surface area contributed by atoms with Crippen molar-refractivity contribution in [2.75, 3.05) is 25.0 Å². The third-order valence-electron chi connectivity index (χ3n) is 5.11. The molecule has 2 aromatic carbocycles. The maximum absolute atomic E-state index is 12.4. The summed E-state index contributed by atoms with van der Waals surface area (Å²) in [6, 6.07) is 18.0. The van der Waals surface area contributed by atoms with Gasteiger partial charge in [-0.3, -0.25) is 9.59 Å². The molecule has 4 rings (SSSR count). The molecule has 34 heavy (non-hydrogen) atoms. The van der Waals surface area contributed by atoms with E-state index in [9.17, 15) is 14.4 Å². The lowest BCUT2D eigenvalue weighted by Gasteiger charge is -2.18. The van der Waals surface area contributed by atoms with E-state index in [2.05, 4.69) is 10.3 Å². The van der Waals surface area contributed by atoms with Gasteiger partial charge >= 0.3 is 5.97 Å². The summed E-state index contributed by atoms with van der Waals surface area (Å²) >= 11 is 2.84. The summed E-state index contributed by atoms with van der Waals surface area (Å²) in [5.41, 5.74) is 1.99. The quantitative estimate of drug-likeness (QED) is 0.337. The van der Waals surface area contributed by atoms with E-state index in [0.717, 1.165) is 20.1 Å². The molecule has 2 aromatic heterocycles. The number of thiazole rings is 1. The minimum atomic E-state index is -0.562. The molecule has 2 heterocycles. The lowest BCUT2D eigenvalue weighted by molar-refractivity contribution is -0.119. The highest BCUT2D eigenvalue weighted by atomic mass is 32.1. The highest BCUT2D eigenvalue weighted by Gasteiger charge is 2.16. The van der Waals surface area contributed by atoms with Crippen molar-refractivity contribution in [1.29, 1.82) is 0 Å². The lowest BCUT2D eigenvalue weighted by atomic mass is 10.2. The molecule has 2 amide bonds. The minimum absolute atomic E-state index is 0.0574. The van der Waals surface area contributed by atoms with Crippen LogP contribution in [0.5, 0.6) is 0 Å². The SMILES string of the molecule is CCN(CC)C(=O)c1ccc(NC(=O)COC(=O)c2ccc(-c3nc4ccccc4s3)s2)cc1. The first kappa shape index (κ1) is 23.6. The summed E-state index contributed by atoms with van der Waals surface area (Å²) in [6.45, 7) is 4.70. The summed E-state index contributed by atoms with van der Waals surface area (Å²) in [7, 11) is 0. The van der Waals surface area contributed by atoms with Gasteiger partial charge in [-0.25, -0.2) is 9.78 Å². The lowest BCUT2D eigenvalue weighted by Crippen LogP contribution is -2.30. The van der Waals surface area contributed by atoms with Gasteiger partial charge in [0.05, 0.1) is 15.1 Å². The number of anilines is 1. The van der Waals surface area contributed by atoms with Crippen LogP contribution in [0, 0.1) is 0 Å². The Morgan fingerprint density at radius 3 is 2.38 bits per heavy atom. The molecule has 1 N–H and O–H groups in total. The number of para-hydroxylation sites is 1. The number of fused-ring (bicyclic) bond motifs is 1. The van der Waals surface area contributed by atoms with Crippen LogP contribution in [0.25, 0.3) is 20.1 Å². The molecule has 0 fully saturated rings. The number of esters is 1. The Hall–Kier alpha value is -3.56. The maximum atomic E-state index is 12.4. The second-order valence-corrected chi connectivity index (χ2v) is 9.44. The Kier molecular flexibility index (Phi) is 7.34.